The second kappa shape index (κ2) is 9.57. The van der Waals surface area contributed by atoms with E-state index in [9.17, 15) is 28.2 Å². The van der Waals surface area contributed by atoms with Crippen molar-refractivity contribution in [2.45, 2.75) is 37.1 Å². The second-order valence-electron chi connectivity index (χ2n) is 7.38. The fraction of sp³-hybridized carbons (Fsp3) is 0.409. The molecule has 1 saturated heterocycles. The molecule has 2 aromatic rings. The summed E-state index contributed by atoms with van der Waals surface area (Å²) < 4.78 is 54.5. The van der Waals surface area contributed by atoms with E-state index in [1.54, 1.807) is 24.3 Å². The lowest BCUT2D eigenvalue weighted by atomic mass is 9.91. The summed E-state index contributed by atoms with van der Waals surface area (Å²) >= 11 is 0. The van der Waals surface area contributed by atoms with Crippen molar-refractivity contribution in [2.24, 2.45) is 0 Å². The smallest absolute Gasteiger partial charge is 0.416 e. The first kappa shape index (κ1) is 22.9. The molecule has 1 aliphatic rings. The minimum absolute atomic E-state index is 0.00796. The van der Waals surface area contributed by atoms with Gasteiger partial charge in [-0.3, -0.25) is 0 Å². The average molecular weight is 440 g/mol. The Balaban J connectivity index is 1.52. The number of rotatable bonds is 9. The lowest BCUT2D eigenvalue weighted by Gasteiger charge is -2.23. The average Bonchev–Trinajstić information content (AvgIpc) is 3.20. The van der Waals surface area contributed by atoms with Crippen LogP contribution in [0.2, 0.25) is 0 Å². The van der Waals surface area contributed by atoms with Gasteiger partial charge in [-0.15, -0.1) is 0 Å². The molecule has 0 amide bonds. The summed E-state index contributed by atoms with van der Waals surface area (Å²) in [6.07, 6.45) is -4.25. The molecule has 31 heavy (non-hydrogen) atoms. The molecule has 9 heteroatoms. The van der Waals surface area contributed by atoms with Crippen molar-refractivity contribution in [3.05, 3.63) is 59.7 Å². The van der Waals surface area contributed by atoms with Crippen molar-refractivity contribution in [3.63, 3.8) is 0 Å². The predicted molar refractivity (Wildman–Crippen MR) is 104 cm³/mol. The van der Waals surface area contributed by atoms with Crippen LogP contribution in [0.3, 0.4) is 0 Å². The maximum absolute atomic E-state index is 12.7. The SMILES string of the molecule is O=C(O)C1(Cc2cccc(OC[C@@H](O)COc3cccc(C(F)(F)F)c3)c2)CCCO1. The molecule has 2 N–H and O–H groups in total. The van der Waals surface area contributed by atoms with Gasteiger partial charge in [0.2, 0.25) is 0 Å². The number of halogens is 3. The topological polar surface area (TPSA) is 85.2 Å². The minimum Gasteiger partial charge on any atom is -0.491 e. The number of benzene rings is 2. The van der Waals surface area contributed by atoms with Gasteiger partial charge in [-0.05, 0) is 48.7 Å². The molecule has 168 valence electrons. The molecule has 3 rings (SSSR count). The van der Waals surface area contributed by atoms with E-state index < -0.39 is 29.4 Å². The summed E-state index contributed by atoms with van der Waals surface area (Å²) in [6, 6.07) is 11.2. The number of carboxylic acid groups (broad SMARTS) is 1. The highest BCUT2D eigenvalue weighted by Gasteiger charge is 2.43. The number of hydrogen-bond donors (Lipinski definition) is 2. The van der Waals surface area contributed by atoms with Crippen LogP contribution in [0.1, 0.15) is 24.0 Å². The summed E-state index contributed by atoms with van der Waals surface area (Å²) in [4.78, 5) is 11.6. The van der Waals surface area contributed by atoms with Crippen molar-refractivity contribution in [1.29, 1.82) is 0 Å². The number of hydrogen-bond acceptors (Lipinski definition) is 5. The van der Waals surface area contributed by atoms with Crippen LogP contribution >= 0.6 is 0 Å². The normalized spacial score (nSPS) is 19.7. The van der Waals surface area contributed by atoms with E-state index in [2.05, 4.69) is 0 Å². The highest BCUT2D eigenvalue weighted by atomic mass is 19.4. The van der Waals surface area contributed by atoms with E-state index >= 15 is 0 Å². The Bertz CT molecular complexity index is 893. The number of aliphatic hydroxyl groups is 1. The first-order valence-electron chi connectivity index (χ1n) is 9.75. The Labute approximate surface area is 177 Å². The molecule has 1 aliphatic heterocycles. The number of aliphatic hydroxyl groups excluding tert-OH is 1. The molecule has 2 aromatic carbocycles. The quantitative estimate of drug-likeness (QED) is 0.619. The molecule has 0 aromatic heterocycles. The number of carboxylic acids is 1. The molecular weight excluding hydrogens is 417 g/mol. The van der Waals surface area contributed by atoms with E-state index in [-0.39, 0.29) is 25.4 Å². The van der Waals surface area contributed by atoms with E-state index in [0.29, 0.717) is 25.2 Å². The molecular formula is C22H23F3O6. The highest BCUT2D eigenvalue weighted by molar-refractivity contribution is 5.78. The number of alkyl halides is 3. The zero-order valence-electron chi connectivity index (χ0n) is 16.6. The van der Waals surface area contributed by atoms with Gasteiger partial charge >= 0.3 is 12.1 Å². The van der Waals surface area contributed by atoms with Gasteiger partial charge in [-0.1, -0.05) is 18.2 Å². The lowest BCUT2D eigenvalue weighted by molar-refractivity contribution is -0.159. The van der Waals surface area contributed by atoms with E-state index in [1.807, 2.05) is 0 Å². The Morgan fingerprint density at radius 1 is 1.10 bits per heavy atom. The van der Waals surface area contributed by atoms with E-state index in [4.69, 9.17) is 14.2 Å². The first-order chi connectivity index (χ1) is 14.7. The standard InChI is InChI=1S/C22H23F3O6/c23-22(24,25)16-5-2-7-19(11-16)30-14-17(26)13-29-18-6-1-4-15(10-18)12-21(20(27)28)8-3-9-31-21/h1-2,4-7,10-11,17,26H,3,8-9,12-14H2,(H,27,28)/t17-,21?/m1/s1. The molecule has 2 atom stereocenters. The number of ether oxygens (including phenoxy) is 3. The van der Waals surface area contributed by atoms with Crippen LogP contribution in [0, 0.1) is 0 Å². The summed E-state index contributed by atoms with van der Waals surface area (Å²) in [5.41, 5.74) is -1.36. The van der Waals surface area contributed by atoms with Crippen molar-refractivity contribution in [1.82, 2.24) is 0 Å². The molecule has 0 saturated carbocycles. The van der Waals surface area contributed by atoms with Crippen LogP contribution in [0.4, 0.5) is 13.2 Å². The van der Waals surface area contributed by atoms with Gasteiger partial charge in [-0.2, -0.15) is 13.2 Å². The number of carbonyl (C=O) groups is 1. The zero-order chi connectivity index (χ0) is 22.5. The molecule has 1 unspecified atom stereocenters. The highest BCUT2D eigenvalue weighted by Crippen LogP contribution is 2.32. The summed E-state index contributed by atoms with van der Waals surface area (Å²) in [5.74, 6) is -0.584. The van der Waals surface area contributed by atoms with Gasteiger partial charge in [0, 0.05) is 13.0 Å². The van der Waals surface area contributed by atoms with Crippen LogP contribution in [-0.4, -0.2) is 47.7 Å². The van der Waals surface area contributed by atoms with E-state index in [0.717, 1.165) is 17.7 Å². The van der Waals surface area contributed by atoms with Gasteiger partial charge in [0.1, 0.15) is 30.8 Å². The third-order valence-electron chi connectivity index (χ3n) is 4.93. The van der Waals surface area contributed by atoms with Crippen LogP contribution < -0.4 is 9.47 Å². The maximum atomic E-state index is 12.7. The Morgan fingerprint density at radius 2 is 1.74 bits per heavy atom. The van der Waals surface area contributed by atoms with Crippen molar-refractivity contribution in [3.8, 4) is 11.5 Å². The number of aliphatic carboxylic acids is 1. The third-order valence-corrected chi connectivity index (χ3v) is 4.93. The Morgan fingerprint density at radius 3 is 2.32 bits per heavy atom. The molecule has 1 heterocycles. The largest absolute Gasteiger partial charge is 0.491 e. The fourth-order valence-electron chi connectivity index (χ4n) is 3.35. The Kier molecular flexibility index (Phi) is 7.07. The molecule has 0 radical (unpaired) electrons. The van der Waals surface area contributed by atoms with Gasteiger partial charge in [0.15, 0.2) is 5.60 Å². The van der Waals surface area contributed by atoms with Crippen molar-refractivity contribution >= 4 is 5.97 Å². The molecule has 0 spiro atoms. The van der Waals surface area contributed by atoms with Crippen LogP contribution in [0.15, 0.2) is 48.5 Å². The van der Waals surface area contributed by atoms with Crippen molar-refractivity contribution in [2.75, 3.05) is 19.8 Å². The maximum Gasteiger partial charge on any atom is 0.416 e. The van der Waals surface area contributed by atoms with E-state index in [1.165, 1.54) is 12.1 Å². The first-order valence-corrected chi connectivity index (χ1v) is 9.75. The summed E-state index contributed by atoms with van der Waals surface area (Å²) in [7, 11) is 0. The van der Waals surface area contributed by atoms with Gasteiger partial charge in [0.05, 0.1) is 5.56 Å². The summed E-state index contributed by atoms with van der Waals surface area (Å²) in [5, 5.41) is 19.6. The second-order valence-corrected chi connectivity index (χ2v) is 7.38. The lowest BCUT2D eigenvalue weighted by Crippen LogP contribution is -2.40. The minimum atomic E-state index is -4.48. The van der Waals surface area contributed by atoms with Gasteiger partial charge < -0.3 is 24.4 Å². The van der Waals surface area contributed by atoms with Crippen LogP contribution in [-0.2, 0) is 22.1 Å². The monoisotopic (exact) mass is 440 g/mol. The molecule has 1 fully saturated rings. The van der Waals surface area contributed by atoms with Crippen molar-refractivity contribution < 1.29 is 42.4 Å². The fourth-order valence-corrected chi connectivity index (χ4v) is 3.35. The molecule has 0 aliphatic carbocycles. The molecule has 0 bridgehead atoms. The van der Waals surface area contributed by atoms with Crippen LogP contribution in [0.5, 0.6) is 11.5 Å². The molecule has 6 nitrogen and oxygen atoms in total. The van der Waals surface area contributed by atoms with Gasteiger partial charge in [0.25, 0.3) is 0 Å². The van der Waals surface area contributed by atoms with Crippen LogP contribution in [0.25, 0.3) is 0 Å². The Hall–Kier alpha value is -2.78. The zero-order valence-corrected chi connectivity index (χ0v) is 16.6. The predicted octanol–water partition coefficient (Wildman–Crippen LogP) is 3.70. The third kappa shape index (κ3) is 6.11. The summed E-state index contributed by atoms with van der Waals surface area (Å²) in [6.45, 7) is 0.000512. The van der Waals surface area contributed by atoms with Gasteiger partial charge in [-0.25, -0.2) is 4.79 Å².